The standard InChI is InChI=1S/C6H11NO7P2S/c8-6(15(9,10)11,16(12,13)14)2-1-5-7-3-4-17-5/h3-4,8H,1-2H2,(H2,9,10,11)(H2,12,13,14). The summed E-state index contributed by atoms with van der Waals surface area (Å²) >= 11 is 1.16. The molecule has 0 saturated carbocycles. The molecule has 0 fully saturated rings. The predicted octanol–water partition coefficient (Wildman–Crippen LogP) is 0.0772. The van der Waals surface area contributed by atoms with Gasteiger partial charge in [0.1, 0.15) is 0 Å². The third-order valence-corrected chi connectivity index (χ3v) is 6.81. The second-order valence-electron chi connectivity index (χ2n) is 3.29. The van der Waals surface area contributed by atoms with Gasteiger partial charge in [0.05, 0.1) is 5.01 Å². The van der Waals surface area contributed by atoms with Crippen LogP contribution in [0.1, 0.15) is 11.4 Å². The minimum atomic E-state index is -5.36. The summed E-state index contributed by atoms with van der Waals surface area (Å²) < 4.78 is 22.0. The number of aromatic nitrogens is 1. The van der Waals surface area contributed by atoms with Gasteiger partial charge in [0.15, 0.2) is 0 Å². The van der Waals surface area contributed by atoms with Crippen molar-refractivity contribution < 1.29 is 33.8 Å². The average molecular weight is 303 g/mol. The monoisotopic (exact) mass is 303 g/mol. The Hall–Kier alpha value is -0.110. The van der Waals surface area contributed by atoms with Crippen molar-refractivity contribution in [2.24, 2.45) is 0 Å². The van der Waals surface area contributed by atoms with Gasteiger partial charge in [-0.3, -0.25) is 9.13 Å². The Balaban J connectivity index is 2.94. The first-order chi connectivity index (χ1) is 7.58. The molecule has 0 spiro atoms. The van der Waals surface area contributed by atoms with E-state index in [4.69, 9.17) is 19.6 Å². The van der Waals surface area contributed by atoms with Crippen LogP contribution in [-0.2, 0) is 15.6 Å². The largest absolute Gasteiger partial charge is 0.369 e. The van der Waals surface area contributed by atoms with Crippen LogP contribution in [0.5, 0.6) is 0 Å². The molecule has 0 saturated heterocycles. The molecule has 1 heterocycles. The van der Waals surface area contributed by atoms with Crippen molar-refractivity contribution in [3.8, 4) is 0 Å². The van der Waals surface area contributed by atoms with Crippen LogP contribution in [0.25, 0.3) is 0 Å². The Morgan fingerprint density at radius 1 is 1.24 bits per heavy atom. The fourth-order valence-electron chi connectivity index (χ4n) is 1.11. The molecule has 98 valence electrons. The van der Waals surface area contributed by atoms with Crippen LogP contribution in [0.3, 0.4) is 0 Å². The van der Waals surface area contributed by atoms with Gasteiger partial charge in [-0.1, -0.05) is 0 Å². The second kappa shape index (κ2) is 4.87. The number of nitrogens with zero attached hydrogens (tertiary/aromatic N) is 1. The summed E-state index contributed by atoms with van der Waals surface area (Å²) in [5.74, 6) is 0. The third kappa shape index (κ3) is 3.21. The summed E-state index contributed by atoms with van der Waals surface area (Å²) in [6.07, 6.45) is 0.535. The number of thiazole rings is 1. The third-order valence-electron chi connectivity index (χ3n) is 2.09. The van der Waals surface area contributed by atoms with Gasteiger partial charge in [-0.2, -0.15) is 0 Å². The molecule has 0 unspecified atom stereocenters. The zero-order chi connectivity index (χ0) is 13.3. The highest BCUT2D eigenvalue weighted by Gasteiger charge is 2.58. The lowest BCUT2D eigenvalue weighted by atomic mass is 10.3. The number of hydrogen-bond donors (Lipinski definition) is 5. The quantitative estimate of drug-likeness (QED) is 0.480. The van der Waals surface area contributed by atoms with Crippen LogP contribution in [-0.4, -0.2) is 34.7 Å². The first-order valence-electron chi connectivity index (χ1n) is 4.30. The Morgan fingerprint density at radius 3 is 2.12 bits per heavy atom. The molecule has 0 aromatic carbocycles. The van der Waals surface area contributed by atoms with Crippen LogP contribution in [0, 0.1) is 0 Å². The van der Waals surface area contributed by atoms with Gasteiger partial charge in [-0.15, -0.1) is 11.3 Å². The van der Waals surface area contributed by atoms with E-state index in [-0.39, 0.29) is 6.42 Å². The molecule has 0 radical (unpaired) electrons. The van der Waals surface area contributed by atoms with Crippen LogP contribution < -0.4 is 0 Å². The van der Waals surface area contributed by atoms with Gasteiger partial charge < -0.3 is 24.7 Å². The van der Waals surface area contributed by atoms with E-state index in [0.29, 0.717) is 5.01 Å². The number of rotatable bonds is 5. The topological polar surface area (TPSA) is 148 Å². The first-order valence-corrected chi connectivity index (χ1v) is 8.40. The van der Waals surface area contributed by atoms with Gasteiger partial charge in [0, 0.05) is 24.4 Å². The molecule has 8 nitrogen and oxygen atoms in total. The molecule has 0 aliphatic carbocycles. The van der Waals surface area contributed by atoms with Crippen LogP contribution in [0.4, 0.5) is 0 Å². The van der Waals surface area contributed by atoms with Crippen molar-refractivity contribution in [3.63, 3.8) is 0 Å². The molecule has 0 bridgehead atoms. The minimum absolute atomic E-state index is 0.135. The minimum Gasteiger partial charge on any atom is -0.368 e. The fourth-order valence-corrected chi connectivity index (χ4v) is 3.90. The van der Waals surface area contributed by atoms with E-state index in [0.717, 1.165) is 11.3 Å². The maximum absolute atomic E-state index is 11.0. The van der Waals surface area contributed by atoms with Crippen LogP contribution >= 0.6 is 26.5 Å². The number of aliphatic hydroxyl groups is 1. The van der Waals surface area contributed by atoms with Gasteiger partial charge in [0.2, 0.25) is 0 Å². The lowest BCUT2D eigenvalue weighted by Gasteiger charge is -2.28. The van der Waals surface area contributed by atoms with Crippen molar-refractivity contribution in [3.05, 3.63) is 16.6 Å². The number of hydrogen-bond acceptors (Lipinski definition) is 5. The normalized spacial score (nSPS) is 13.9. The van der Waals surface area contributed by atoms with Crippen molar-refractivity contribution in [1.29, 1.82) is 0 Å². The summed E-state index contributed by atoms with van der Waals surface area (Å²) in [4.78, 5) is 39.2. The molecule has 0 aliphatic rings. The summed E-state index contributed by atoms with van der Waals surface area (Å²) in [5.41, 5.74) is 0. The first kappa shape index (κ1) is 14.9. The SMILES string of the molecule is O=P(O)(O)C(O)(CCc1nccs1)P(=O)(O)O. The maximum Gasteiger partial charge on any atom is 0.369 e. The molecule has 11 heteroatoms. The van der Waals surface area contributed by atoms with Crippen LogP contribution in [0.15, 0.2) is 11.6 Å². The van der Waals surface area contributed by atoms with E-state index in [9.17, 15) is 14.2 Å². The van der Waals surface area contributed by atoms with Crippen LogP contribution in [0.2, 0.25) is 0 Å². The highest BCUT2D eigenvalue weighted by atomic mass is 32.1. The maximum atomic E-state index is 11.0. The lowest BCUT2D eigenvalue weighted by Crippen LogP contribution is -2.29. The number of aryl methyl sites for hydroxylation is 1. The Morgan fingerprint density at radius 2 is 1.76 bits per heavy atom. The van der Waals surface area contributed by atoms with Gasteiger partial charge in [-0.05, 0) is 0 Å². The van der Waals surface area contributed by atoms with E-state index < -0.39 is 26.7 Å². The Kier molecular flexibility index (Phi) is 4.28. The zero-order valence-corrected chi connectivity index (χ0v) is 11.0. The molecule has 0 aliphatic heterocycles. The zero-order valence-electron chi connectivity index (χ0n) is 8.37. The summed E-state index contributed by atoms with van der Waals surface area (Å²) in [6, 6.07) is 0. The van der Waals surface area contributed by atoms with Gasteiger partial charge in [0.25, 0.3) is 5.08 Å². The van der Waals surface area contributed by atoms with Gasteiger partial charge >= 0.3 is 15.2 Å². The molecule has 1 aromatic heterocycles. The predicted molar refractivity (Wildman–Crippen MR) is 59.5 cm³/mol. The smallest absolute Gasteiger partial charge is 0.368 e. The molecule has 1 rings (SSSR count). The summed E-state index contributed by atoms with van der Waals surface area (Å²) in [6.45, 7) is 0. The summed E-state index contributed by atoms with van der Waals surface area (Å²) in [7, 11) is -10.7. The molecule has 1 aromatic rings. The highest BCUT2D eigenvalue weighted by Crippen LogP contribution is 2.69. The fraction of sp³-hybridized carbons (Fsp3) is 0.500. The Bertz CT molecular complexity index is 441. The molecule has 0 atom stereocenters. The molecule has 17 heavy (non-hydrogen) atoms. The van der Waals surface area contributed by atoms with Crippen molar-refractivity contribution in [2.45, 2.75) is 17.9 Å². The van der Waals surface area contributed by atoms with E-state index >= 15 is 0 Å². The molecule has 0 amide bonds. The summed E-state index contributed by atoms with van der Waals surface area (Å²) in [5, 5.41) is 8.20. The van der Waals surface area contributed by atoms with Crippen molar-refractivity contribution >= 4 is 26.5 Å². The molecule has 5 N–H and O–H groups in total. The molecular formula is C6H11NO7P2S. The van der Waals surface area contributed by atoms with Crippen molar-refractivity contribution in [1.82, 2.24) is 4.98 Å². The Labute approximate surface area is 100 Å². The van der Waals surface area contributed by atoms with E-state index in [1.165, 1.54) is 6.20 Å². The molecular weight excluding hydrogens is 292 g/mol. The van der Waals surface area contributed by atoms with E-state index in [1.807, 2.05) is 0 Å². The second-order valence-corrected chi connectivity index (χ2v) is 8.28. The lowest BCUT2D eigenvalue weighted by molar-refractivity contribution is 0.123. The van der Waals surface area contributed by atoms with E-state index in [1.54, 1.807) is 5.38 Å². The van der Waals surface area contributed by atoms with Crippen molar-refractivity contribution in [2.75, 3.05) is 0 Å². The van der Waals surface area contributed by atoms with E-state index in [2.05, 4.69) is 4.98 Å². The average Bonchev–Trinajstić information content (AvgIpc) is 2.62. The highest BCUT2D eigenvalue weighted by molar-refractivity contribution is 7.72. The van der Waals surface area contributed by atoms with Gasteiger partial charge in [-0.25, -0.2) is 4.98 Å².